The average molecular weight is 462 g/mol. The van der Waals surface area contributed by atoms with Crippen LogP contribution in [-0.2, 0) is 16.4 Å². The number of sulfone groups is 1. The number of aromatic nitrogens is 2. The highest BCUT2D eigenvalue weighted by atomic mass is 79.9. The highest BCUT2D eigenvalue weighted by Crippen LogP contribution is 2.34. The van der Waals surface area contributed by atoms with Crippen molar-refractivity contribution in [3.05, 3.63) is 52.8 Å². The van der Waals surface area contributed by atoms with Crippen molar-refractivity contribution in [2.75, 3.05) is 11.6 Å². The first-order chi connectivity index (χ1) is 13.4. The summed E-state index contributed by atoms with van der Waals surface area (Å²) in [6.45, 7) is 0.256. The van der Waals surface area contributed by atoms with Crippen molar-refractivity contribution in [1.29, 1.82) is 0 Å². The molecule has 146 valence electrons. The lowest BCUT2D eigenvalue weighted by Gasteiger charge is -2.27. The number of rotatable bonds is 6. The van der Waals surface area contributed by atoms with Crippen LogP contribution in [0.1, 0.15) is 24.8 Å². The molecule has 28 heavy (non-hydrogen) atoms. The number of nitrogens with one attached hydrogen (secondary N) is 1. The zero-order valence-corrected chi connectivity index (χ0v) is 17.8. The summed E-state index contributed by atoms with van der Waals surface area (Å²) in [4.78, 5) is 9.03. The molecule has 1 saturated carbocycles. The van der Waals surface area contributed by atoms with Crippen LogP contribution in [0.15, 0.2) is 52.1 Å². The first-order valence-electron chi connectivity index (χ1n) is 9.03. The summed E-state index contributed by atoms with van der Waals surface area (Å²) in [6.07, 6.45) is 6.34. The molecule has 1 aliphatic carbocycles. The molecule has 6 nitrogen and oxygen atoms in total. The highest BCUT2D eigenvalue weighted by molar-refractivity contribution is 9.10. The summed E-state index contributed by atoms with van der Waals surface area (Å²) < 4.78 is 30.2. The first kappa shape index (κ1) is 19.1. The predicted octanol–water partition coefficient (Wildman–Crippen LogP) is 4.34. The molecule has 1 aromatic heterocycles. The second kappa shape index (κ2) is 7.67. The quantitative estimate of drug-likeness (QED) is 0.587. The molecule has 0 spiro atoms. The van der Waals surface area contributed by atoms with Crippen molar-refractivity contribution in [3.63, 3.8) is 0 Å². The van der Waals surface area contributed by atoms with Gasteiger partial charge in [0.2, 0.25) is 0 Å². The van der Waals surface area contributed by atoms with Gasteiger partial charge in [0.05, 0.1) is 14.9 Å². The predicted molar refractivity (Wildman–Crippen MR) is 112 cm³/mol. The lowest BCUT2D eigenvalue weighted by atomic mass is 9.93. The maximum absolute atomic E-state index is 11.7. The van der Waals surface area contributed by atoms with Crippen molar-refractivity contribution < 1.29 is 13.2 Å². The van der Waals surface area contributed by atoms with Crippen LogP contribution in [0.4, 0.5) is 5.82 Å². The Hall–Kier alpha value is -2.19. The molecule has 1 N–H and O–H groups in total. The van der Waals surface area contributed by atoms with Crippen LogP contribution in [0.2, 0.25) is 0 Å². The van der Waals surface area contributed by atoms with E-state index in [0.717, 1.165) is 26.8 Å². The van der Waals surface area contributed by atoms with E-state index in [4.69, 9.17) is 4.74 Å². The smallest absolute Gasteiger partial charge is 0.175 e. The molecule has 0 radical (unpaired) electrons. The monoisotopic (exact) mass is 461 g/mol. The Balaban J connectivity index is 1.57. The number of hydrogen-bond acceptors (Lipinski definition) is 6. The molecule has 0 aliphatic heterocycles. The third-order valence-corrected chi connectivity index (χ3v) is 6.59. The van der Waals surface area contributed by atoms with Crippen LogP contribution in [0.25, 0.3) is 10.9 Å². The van der Waals surface area contributed by atoms with E-state index in [0.29, 0.717) is 11.8 Å². The van der Waals surface area contributed by atoms with Gasteiger partial charge in [-0.1, -0.05) is 12.1 Å². The van der Waals surface area contributed by atoms with Crippen molar-refractivity contribution in [2.45, 2.75) is 36.8 Å². The molecular weight excluding hydrogens is 442 g/mol. The van der Waals surface area contributed by atoms with Crippen LogP contribution in [0, 0.1) is 0 Å². The summed E-state index contributed by atoms with van der Waals surface area (Å²) in [7, 11) is -3.25. The molecule has 0 amide bonds. The first-order valence-corrected chi connectivity index (χ1v) is 11.7. The van der Waals surface area contributed by atoms with E-state index in [-0.39, 0.29) is 11.5 Å². The van der Waals surface area contributed by atoms with E-state index in [1.165, 1.54) is 25.5 Å². The Morgan fingerprint density at radius 3 is 2.75 bits per heavy atom. The van der Waals surface area contributed by atoms with Gasteiger partial charge >= 0.3 is 0 Å². The second-order valence-electron chi connectivity index (χ2n) is 7.00. The lowest BCUT2D eigenvalue weighted by Crippen LogP contribution is -2.27. The Morgan fingerprint density at radius 2 is 2.04 bits per heavy atom. The number of benzene rings is 2. The SMILES string of the molecule is CS(=O)(=O)c1cccc(COc2cc3ncnc(NC4CCC4)c3cc2Br)c1. The summed E-state index contributed by atoms with van der Waals surface area (Å²) in [6, 6.07) is 11.1. The minimum atomic E-state index is -3.25. The lowest BCUT2D eigenvalue weighted by molar-refractivity contribution is 0.304. The Labute approximate surface area is 172 Å². The fourth-order valence-corrected chi connectivity index (χ4v) is 4.21. The Kier molecular flexibility index (Phi) is 5.25. The molecule has 0 atom stereocenters. The van der Waals surface area contributed by atoms with E-state index >= 15 is 0 Å². The second-order valence-corrected chi connectivity index (χ2v) is 9.87. The van der Waals surface area contributed by atoms with E-state index in [9.17, 15) is 8.42 Å². The maximum Gasteiger partial charge on any atom is 0.175 e. The molecule has 0 bridgehead atoms. The van der Waals surface area contributed by atoms with Crippen molar-refractivity contribution >= 4 is 42.5 Å². The summed E-state index contributed by atoms with van der Waals surface area (Å²) in [5.74, 6) is 1.48. The fourth-order valence-electron chi connectivity index (χ4n) is 3.06. The molecular formula is C20H20BrN3O3S. The molecule has 1 heterocycles. The zero-order chi connectivity index (χ0) is 19.7. The number of ether oxygens (including phenoxy) is 1. The van der Waals surface area contributed by atoms with Gasteiger partial charge in [-0.3, -0.25) is 0 Å². The van der Waals surface area contributed by atoms with Crippen LogP contribution < -0.4 is 10.1 Å². The summed E-state index contributed by atoms with van der Waals surface area (Å²) >= 11 is 3.56. The molecule has 4 rings (SSSR count). The highest BCUT2D eigenvalue weighted by Gasteiger charge is 2.19. The van der Waals surface area contributed by atoms with Crippen molar-refractivity contribution in [3.8, 4) is 5.75 Å². The Bertz CT molecular complexity index is 1130. The Morgan fingerprint density at radius 1 is 1.21 bits per heavy atom. The third kappa shape index (κ3) is 4.12. The number of hydrogen-bond donors (Lipinski definition) is 1. The molecule has 8 heteroatoms. The number of anilines is 1. The van der Waals surface area contributed by atoms with E-state index < -0.39 is 9.84 Å². The van der Waals surface area contributed by atoms with E-state index in [1.54, 1.807) is 24.5 Å². The van der Waals surface area contributed by atoms with Crippen molar-refractivity contribution in [1.82, 2.24) is 9.97 Å². The zero-order valence-electron chi connectivity index (χ0n) is 15.4. The van der Waals surface area contributed by atoms with Crippen LogP contribution >= 0.6 is 15.9 Å². The number of halogens is 1. The minimum absolute atomic E-state index is 0.256. The number of nitrogens with zero attached hydrogens (tertiary/aromatic N) is 2. The molecule has 1 aliphatic rings. The van der Waals surface area contributed by atoms with Gasteiger partial charge in [0, 0.05) is 23.8 Å². The molecule has 0 unspecified atom stereocenters. The molecule has 2 aromatic carbocycles. The van der Waals surface area contributed by atoms with Gasteiger partial charge in [-0.05, 0) is 59.0 Å². The minimum Gasteiger partial charge on any atom is -0.488 e. The standard InChI is InChI=1S/C20H20BrN3O3S/c1-28(25,26)15-7-2-4-13(8-15)11-27-19-10-18-16(9-17(19)21)20(23-12-22-18)24-14-5-3-6-14/h2,4,7-10,12,14H,3,5-6,11H2,1H3,(H,22,23,24). The maximum atomic E-state index is 11.7. The van der Waals surface area contributed by atoms with Gasteiger partial charge in [-0.15, -0.1) is 0 Å². The van der Waals surface area contributed by atoms with Crippen molar-refractivity contribution in [2.24, 2.45) is 0 Å². The van der Waals surface area contributed by atoms with E-state index in [2.05, 4.69) is 31.2 Å². The average Bonchev–Trinajstić information content (AvgIpc) is 2.63. The number of fused-ring (bicyclic) bond motifs is 1. The largest absolute Gasteiger partial charge is 0.488 e. The van der Waals surface area contributed by atoms with Gasteiger partial charge < -0.3 is 10.1 Å². The van der Waals surface area contributed by atoms with Crippen LogP contribution in [0.3, 0.4) is 0 Å². The van der Waals surface area contributed by atoms with Gasteiger partial charge in [0.1, 0.15) is 24.5 Å². The molecule has 0 saturated heterocycles. The normalized spacial score (nSPS) is 14.6. The third-order valence-electron chi connectivity index (χ3n) is 4.86. The van der Waals surface area contributed by atoms with Gasteiger partial charge in [-0.25, -0.2) is 18.4 Å². The van der Waals surface area contributed by atoms with E-state index in [1.807, 2.05) is 18.2 Å². The van der Waals surface area contributed by atoms with Gasteiger partial charge in [-0.2, -0.15) is 0 Å². The van der Waals surface area contributed by atoms with Crippen LogP contribution in [-0.4, -0.2) is 30.7 Å². The summed E-state index contributed by atoms with van der Waals surface area (Å²) in [5, 5.41) is 4.41. The molecule has 3 aromatic rings. The summed E-state index contributed by atoms with van der Waals surface area (Å²) in [5.41, 5.74) is 1.57. The molecule has 1 fully saturated rings. The van der Waals surface area contributed by atoms with Crippen LogP contribution in [0.5, 0.6) is 5.75 Å². The fraction of sp³-hybridized carbons (Fsp3) is 0.300. The van der Waals surface area contributed by atoms with Gasteiger partial charge in [0.15, 0.2) is 9.84 Å². The van der Waals surface area contributed by atoms with Gasteiger partial charge in [0.25, 0.3) is 0 Å². The topological polar surface area (TPSA) is 81.2 Å².